The topological polar surface area (TPSA) is 50.7 Å². The van der Waals surface area contributed by atoms with Crippen LogP contribution in [0.2, 0.25) is 5.02 Å². The van der Waals surface area contributed by atoms with Gasteiger partial charge in [-0.1, -0.05) is 48.9 Å². The maximum atomic E-state index is 10.2. The van der Waals surface area contributed by atoms with Gasteiger partial charge in [-0.05, 0) is 36.6 Å². The van der Waals surface area contributed by atoms with Crippen LogP contribution in [0.25, 0.3) is 0 Å². The van der Waals surface area contributed by atoms with Crippen molar-refractivity contribution in [1.29, 1.82) is 0 Å². The van der Waals surface area contributed by atoms with E-state index in [0.717, 1.165) is 17.5 Å². The van der Waals surface area contributed by atoms with Gasteiger partial charge in [-0.2, -0.15) is 0 Å². The van der Waals surface area contributed by atoms with Crippen molar-refractivity contribution < 1.29 is 14.6 Å². The smallest absolute Gasteiger partial charge is 0.179 e. The average molecular weight is 364 g/mol. The summed E-state index contributed by atoms with van der Waals surface area (Å²) in [6.07, 6.45) is 0.359. The molecule has 0 aliphatic rings. The van der Waals surface area contributed by atoms with E-state index in [0.29, 0.717) is 42.8 Å². The molecule has 0 saturated heterocycles. The van der Waals surface area contributed by atoms with Gasteiger partial charge in [0.15, 0.2) is 11.5 Å². The number of rotatable bonds is 10. The summed E-state index contributed by atoms with van der Waals surface area (Å²) in [5.41, 5.74) is 1.88. The van der Waals surface area contributed by atoms with E-state index in [9.17, 15) is 5.11 Å². The predicted octanol–water partition coefficient (Wildman–Crippen LogP) is 4.35. The molecule has 0 heterocycles. The zero-order chi connectivity index (χ0) is 18.1. The van der Waals surface area contributed by atoms with E-state index in [4.69, 9.17) is 21.1 Å². The molecule has 2 rings (SSSR count). The maximum absolute atomic E-state index is 10.2. The van der Waals surface area contributed by atoms with Gasteiger partial charge in [0, 0.05) is 13.1 Å². The van der Waals surface area contributed by atoms with E-state index in [2.05, 4.69) is 5.32 Å². The highest BCUT2D eigenvalue weighted by Gasteiger charge is 2.13. The molecule has 0 aliphatic heterocycles. The molecule has 2 aromatic rings. The number of nitrogens with one attached hydrogen (secondary N) is 1. The molecule has 5 heteroatoms. The number of benzene rings is 2. The second kappa shape index (κ2) is 10.3. The third-order valence-electron chi connectivity index (χ3n) is 3.67. The lowest BCUT2D eigenvalue weighted by molar-refractivity contribution is 0.174. The quantitative estimate of drug-likeness (QED) is 0.658. The van der Waals surface area contributed by atoms with E-state index < -0.39 is 6.10 Å². The number of hydrogen-bond donors (Lipinski definition) is 2. The molecule has 2 N–H and O–H groups in total. The van der Waals surface area contributed by atoms with Crippen LogP contribution in [0, 0.1) is 0 Å². The Labute approximate surface area is 154 Å². The molecule has 0 fully saturated rings. The van der Waals surface area contributed by atoms with Crippen LogP contribution in [0.15, 0.2) is 42.5 Å². The first-order valence-corrected chi connectivity index (χ1v) is 9.05. The van der Waals surface area contributed by atoms with Gasteiger partial charge in [0.25, 0.3) is 0 Å². The van der Waals surface area contributed by atoms with Crippen molar-refractivity contribution in [3.05, 3.63) is 58.6 Å². The van der Waals surface area contributed by atoms with Gasteiger partial charge < -0.3 is 19.9 Å². The largest absolute Gasteiger partial charge is 0.490 e. The Morgan fingerprint density at radius 2 is 1.88 bits per heavy atom. The van der Waals surface area contributed by atoms with Gasteiger partial charge >= 0.3 is 0 Å². The third kappa shape index (κ3) is 5.92. The Hall–Kier alpha value is -1.75. The summed E-state index contributed by atoms with van der Waals surface area (Å²) in [6.45, 7) is 6.16. The minimum atomic E-state index is -0.546. The summed E-state index contributed by atoms with van der Waals surface area (Å²) in [5.74, 6) is 1.25. The Morgan fingerprint density at radius 1 is 1.12 bits per heavy atom. The number of aliphatic hydroxyl groups is 1. The first kappa shape index (κ1) is 19.6. The molecule has 2 aromatic carbocycles. The van der Waals surface area contributed by atoms with Gasteiger partial charge in [-0.15, -0.1) is 0 Å². The van der Waals surface area contributed by atoms with Crippen molar-refractivity contribution in [1.82, 2.24) is 5.32 Å². The summed E-state index contributed by atoms with van der Waals surface area (Å²) in [6, 6.07) is 13.4. The molecule has 0 amide bonds. The van der Waals surface area contributed by atoms with Gasteiger partial charge in [0.1, 0.15) is 0 Å². The van der Waals surface area contributed by atoms with Crippen LogP contribution in [-0.2, 0) is 6.54 Å². The van der Waals surface area contributed by atoms with Gasteiger partial charge in [0.05, 0.1) is 24.3 Å². The van der Waals surface area contributed by atoms with Crippen molar-refractivity contribution in [3.8, 4) is 11.5 Å². The van der Waals surface area contributed by atoms with E-state index in [1.54, 1.807) is 0 Å². The van der Waals surface area contributed by atoms with E-state index in [-0.39, 0.29) is 0 Å². The van der Waals surface area contributed by atoms with Crippen LogP contribution in [0.3, 0.4) is 0 Å². The Balaban J connectivity index is 1.99. The highest BCUT2D eigenvalue weighted by molar-refractivity contribution is 6.32. The summed E-state index contributed by atoms with van der Waals surface area (Å²) in [5, 5.41) is 14.0. The van der Waals surface area contributed by atoms with E-state index in [1.165, 1.54) is 0 Å². The fraction of sp³-hybridized carbons (Fsp3) is 0.400. The molecule has 136 valence electrons. The van der Waals surface area contributed by atoms with E-state index >= 15 is 0 Å². The molecular formula is C20H26ClNO3. The van der Waals surface area contributed by atoms with Crippen LogP contribution in [-0.4, -0.2) is 24.9 Å². The highest BCUT2D eigenvalue weighted by atomic mass is 35.5. The zero-order valence-corrected chi connectivity index (χ0v) is 15.6. The van der Waals surface area contributed by atoms with Crippen molar-refractivity contribution in [2.24, 2.45) is 0 Å². The highest BCUT2D eigenvalue weighted by Crippen LogP contribution is 2.36. The molecule has 0 aromatic heterocycles. The van der Waals surface area contributed by atoms with Gasteiger partial charge in [-0.3, -0.25) is 0 Å². The van der Waals surface area contributed by atoms with Crippen molar-refractivity contribution >= 4 is 11.6 Å². The predicted molar refractivity (Wildman–Crippen MR) is 102 cm³/mol. The zero-order valence-electron chi connectivity index (χ0n) is 14.8. The number of aliphatic hydroxyl groups excluding tert-OH is 1. The number of ether oxygens (including phenoxy) is 2. The van der Waals surface area contributed by atoms with Gasteiger partial charge in [0.2, 0.25) is 0 Å². The summed E-state index contributed by atoms with van der Waals surface area (Å²) in [4.78, 5) is 0. The lowest BCUT2D eigenvalue weighted by Gasteiger charge is -2.16. The molecular weight excluding hydrogens is 338 g/mol. The second-order valence-corrected chi connectivity index (χ2v) is 6.15. The standard InChI is InChI=1S/C20H26ClNO3/c1-3-10-25-20-17(21)11-15(12-19(20)24-4-2)13-22-14-18(23)16-8-6-5-7-9-16/h5-9,11-12,18,22-23H,3-4,10,13-14H2,1-2H3/t18-/m1/s1. The molecule has 1 atom stereocenters. The SMILES string of the molecule is CCCOc1c(Cl)cc(CNC[C@@H](O)c2ccccc2)cc1OCC. The normalized spacial score (nSPS) is 12.0. The van der Waals surface area contributed by atoms with Crippen LogP contribution in [0.5, 0.6) is 11.5 Å². The maximum Gasteiger partial charge on any atom is 0.179 e. The molecule has 0 spiro atoms. The lowest BCUT2D eigenvalue weighted by atomic mass is 10.1. The second-order valence-electron chi connectivity index (χ2n) is 5.74. The molecule has 0 aliphatic carbocycles. The Kier molecular flexibility index (Phi) is 8.06. The first-order valence-electron chi connectivity index (χ1n) is 8.67. The average Bonchev–Trinajstić information content (AvgIpc) is 2.62. The molecule has 25 heavy (non-hydrogen) atoms. The number of halogens is 1. The van der Waals surface area contributed by atoms with Crippen LogP contribution >= 0.6 is 11.6 Å². The molecule has 0 saturated carbocycles. The summed E-state index contributed by atoms with van der Waals surface area (Å²) < 4.78 is 11.4. The minimum Gasteiger partial charge on any atom is -0.490 e. The fourth-order valence-corrected chi connectivity index (χ4v) is 2.76. The first-order chi connectivity index (χ1) is 12.2. The minimum absolute atomic E-state index is 0.458. The van der Waals surface area contributed by atoms with Crippen molar-refractivity contribution in [2.75, 3.05) is 19.8 Å². The van der Waals surface area contributed by atoms with Crippen LogP contribution < -0.4 is 14.8 Å². The fourth-order valence-electron chi connectivity index (χ4n) is 2.48. The molecule has 0 unspecified atom stereocenters. The molecule has 0 radical (unpaired) electrons. The Morgan fingerprint density at radius 3 is 2.56 bits per heavy atom. The summed E-state index contributed by atoms with van der Waals surface area (Å²) in [7, 11) is 0. The molecule has 4 nitrogen and oxygen atoms in total. The van der Waals surface area contributed by atoms with Gasteiger partial charge in [-0.25, -0.2) is 0 Å². The van der Waals surface area contributed by atoms with Crippen LogP contribution in [0.1, 0.15) is 37.5 Å². The van der Waals surface area contributed by atoms with Crippen LogP contribution in [0.4, 0.5) is 0 Å². The Bertz CT molecular complexity index is 649. The van der Waals surface area contributed by atoms with E-state index in [1.807, 2.05) is 56.3 Å². The van der Waals surface area contributed by atoms with Crippen molar-refractivity contribution in [2.45, 2.75) is 32.9 Å². The number of hydrogen-bond acceptors (Lipinski definition) is 4. The monoisotopic (exact) mass is 363 g/mol. The third-order valence-corrected chi connectivity index (χ3v) is 3.95. The van der Waals surface area contributed by atoms with Crippen molar-refractivity contribution in [3.63, 3.8) is 0 Å². The summed E-state index contributed by atoms with van der Waals surface area (Å²) >= 11 is 6.36. The molecule has 0 bridgehead atoms. The lowest BCUT2D eigenvalue weighted by Crippen LogP contribution is -2.21.